The van der Waals surface area contributed by atoms with Crippen molar-refractivity contribution in [1.29, 1.82) is 0 Å². The first-order chi connectivity index (χ1) is 9.38. The van der Waals surface area contributed by atoms with E-state index in [9.17, 15) is 0 Å². The van der Waals surface area contributed by atoms with Crippen molar-refractivity contribution in [3.05, 3.63) is 53.8 Å². The molecule has 2 radical (unpaired) electrons. The summed E-state index contributed by atoms with van der Waals surface area (Å²) in [4.78, 5) is 0. The quantitative estimate of drug-likeness (QED) is 0.595. The maximum Gasteiger partial charge on any atom is 0.125 e. The molecular weight excluding hydrogens is 243 g/mol. The van der Waals surface area contributed by atoms with E-state index in [1.165, 1.54) is 16.8 Å². The van der Waals surface area contributed by atoms with Crippen LogP contribution in [0.3, 0.4) is 0 Å². The number of hydrogen-bond donors (Lipinski definition) is 0. The van der Waals surface area contributed by atoms with Gasteiger partial charge in [0.25, 0.3) is 0 Å². The summed E-state index contributed by atoms with van der Waals surface area (Å²) in [7, 11) is 6.43. The zero-order chi connectivity index (χ0) is 14.8. The molecule has 0 aliphatic carbocycles. The Balaban J connectivity index is 2.38. The molecule has 0 aliphatic heterocycles. The van der Waals surface area contributed by atoms with Crippen molar-refractivity contribution in [1.82, 2.24) is 4.57 Å². The van der Waals surface area contributed by atoms with Crippen LogP contribution in [0.4, 0.5) is 0 Å². The monoisotopic (exact) mass is 266 g/mol. The van der Waals surface area contributed by atoms with Crippen molar-refractivity contribution in [3.8, 4) is 0 Å². The van der Waals surface area contributed by atoms with Gasteiger partial charge in [0.15, 0.2) is 0 Å². The summed E-state index contributed by atoms with van der Waals surface area (Å²) in [5.74, 6) is 0. The van der Waals surface area contributed by atoms with Gasteiger partial charge >= 0.3 is 0 Å². The topological polar surface area (TPSA) is 8.81 Å². The predicted molar refractivity (Wildman–Crippen MR) is 85.9 cm³/mol. The van der Waals surface area contributed by atoms with Gasteiger partial charge in [-0.15, -0.1) is 0 Å². The minimum atomic E-state index is 0.104. The molecule has 1 aromatic carbocycles. The third kappa shape index (κ3) is 3.41. The van der Waals surface area contributed by atoms with E-state index >= 15 is 0 Å². The Morgan fingerprint density at radius 2 is 1.85 bits per heavy atom. The van der Waals surface area contributed by atoms with Gasteiger partial charge < -0.3 is 0 Å². The van der Waals surface area contributed by atoms with Crippen LogP contribution < -0.4 is 10.3 Å². The lowest BCUT2D eigenvalue weighted by Crippen LogP contribution is -2.51. The zero-order valence-electron chi connectivity index (χ0n) is 13.1. The maximum atomic E-state index is 2.27. The van der Waals surface area contributed by atoms with Crippen molar-refractivity contribution in [2.75, 3.05) is 0 Å². The summed E-state index contributed by atoms with van der Waals surface area (Å²) >= 11 is 0. The molecule has 2 aromatic rings. The lowest BCUT2D eigenvalue weighted by molar-refractivity contribution is -0.652. The Hall–Kier alpha value is -1.77. The first kappa shape index (κ1) is 14.6. The fourth-order valence-electron chi connectivity index (χ4n) is 2.15. The van der Waals surface area contributed by atoms with Gasteiger partial charge in [-0.3, -0.25) is 14.6 Å². The van der Waals surface area contributed by atoms with Crippen LogP contribution in [0.1, 0.15) is 26.3 Å². The first-order valence-corrected chi connectivity index (χ1v) is 7.01. The Bertz CT molecular complexity index is 584. The summed E-state index contributed by atoms with van der Waals surface area (Å²) in [6.45, 7) is 6.75. The van der Waals surface area contributed by atoms with E-state index in [0.717, 1.165) is 0 Å². The maximum absolute atomic E-state index is 2.27. The molecule has 0 spiro atoms. The van der Waals surface area contributed by atoms with Crippen molar-refractivity contribution in [3.63, 3.8) is 0 Å². The molecule has 0 bridgehead atoms. The Morgan fingerprint density at radius 1 is 1.20 bits per heavy atom. The molecule has 0 saturated carbocycles. The van der Waals surface area contributed by atoms with Gasteiger partial charge in [0.05, 0.1) is 14.1 Å². The zero-order valence-corrected chi connectivity index (χ0v) is 13.1. The molecule has 3 heteroatoms. The Labute approximate surface area is 123 Å². The third-order valence-electron chi connectivity index (χ3n) is 3.51. The standard InChI is InChI=1S/C17H23BN2/c1-17(2,3)15(13-14-9-7-6-8-10-14)18-16-19(4)11-12-20(16)5/h6-13H,1-5H3/b15-13-. The molecule has 1 aromatic heterocycles. The molecule has 0 aliphatic rings. The Morgan fingerprint density at radius 3 is 2.35 bits per heavy atom. The van der Waals surface area contributed by atoms with Gasteiger partial charge in [-0.25, -0.2) is 0 Å². The molecule has 1 heterocycles. The van der Waals surface area contributed by atoms with Crippen LogP contribution in [0.5, 0.6) is 0 Å². The molecule has 0 N–H and O–H groups in total. The molecule has 20 heavy (non-hydrogen) atoms. The first-order valence-electron chi connectivity index (χ1n) is 7.01. The van der Waals surface area contributed by atoms with E-state index in [1.54, 1.807) is 0 Å². The van der Waals surface area contributed by atoms with Crippen LogP contribution in [-0.4, -0.2) is 11.8 Å². The third-order valence-corrected chi connectivity index (χ3v) is 3.51. The van der Waals surface area contributed by atoms with E-state index in [0.29, 0.717) is 0 Å². The predicted octanol–water partition coefficient (Wildman–Crippen LogP) is 2.27. The highest BCUT2D eigenvalue weighted by atomic mass is 15.1. The molecule has 0 saturated heterocycles. The molecule has 2 rings (SSSR count). The fraction of sp³-hybridized carbons (Fsp3) is 0.353. The second-order valence-electron chi connectivity index (χ2n) is 6.28. The number of benzene rings is 1. The van der Waals surface area contributed by atoms with Gasteiger partial charge in [-0.1, -0.05) is 62.6 Å². The van der Waals surface area contributed by atoms with Crippen molar-refractivity contribution >= 4 is 19.1 Å². The summed E-state index contributed by atoms with van der Waals surface area (Å²) in [5.41, 5.74) is 3.86. The van der Waals surface area contributed by atoms with Gasteiger partial charge in [0, 0.05) is 5.72 Å². The lowest BCUT2D eigenvalue weighted by Gasteiger charge is -2.33. The number of allylic oxidation sites excluding steroid dienone is 1. The summed E-state index contributed by atoms with van der Waals surface area (Å²) in [5, 5.41) is 0. The highest BCUT2D eigenvalue weighted by Gasteiger charge is 2.11. The van der Waals surface area contributed by atoms with Crippen LogP contribution in [0.25, 0.3) is 6.08 Å². The second-order valence-corrected chi connectivity index (χ2v) is 6.28. The van der Waals surface area contributed by atoms with Crippen LogP contribution in [0.2, 0.25) is 0 Å². The minimum Gasteiger partial charge on any atom is -0.282 e. The normalized spacial score (nSPS) is 12.8. The highest BCUT2D eigenvalue weighted by molar-refractivity contribution is 6.59. The molecule has 0 unspecified atom stereocenters. The van der Waals surface area contributed by atoms with E-state index in [4.69, 9.17) is 0 Å². The van der Waals surface area contributed by atoms with Gasteiger partial charge in [0.1, 0.15) is 12.4 Å². The van der Waals surface area contributed by atoms with E-state index < -0.39 is 0 Å². The van der Waals surface area contributed by atoms with Gasteiger partial charge in [0.2, 0.25) is 0 Å². The van der Waals surface area contributed by atoms with E-state index in [1.807, 2.05) is 0 Å². The van der Waals surface area contributed by atoms with Crippen molar-refractivity contribution < 1.29 is 4.57 Å². The molecule has 2 nitrogen and oxygen atoms in total. The number of aryl methyl sites for hydroxylation is 2. The van der Waals surface area contributed by atoms with Crippen LogP contribution in [-0.2, 0) is 14.1 Å². The van der Waals surface area contributed by atoms with Crippen molar-refractivity contribution in [2.45, 2.75) is 20.8 Å². The Kier molecular flexibility index (Phi) is 4.17. The average Bonchev–Trinajstić information content (AvgIpc) is 2.69. The van der Waals surface area contributed by atoms with Crippen LogP contribution >= 0.6 is 0 Å². The summed E-state index contributed by atoms with van der Waals surface area (Å²) < 4.78 is 4.29. The number of imidazole rings is 1. The average molecular weight is 266 g/mol. The number of nitrogens with zero attached hydrogens (tertiary/aromatic N) is 2. The molecule has 0 fully saturated rings. The van der Waals surface area contributed by atoms with Crippen LogP contribution in [0, 0.1) is 5.41 Å². The van der Waals surface area contributed by atoms with Gasteiger partial charge in [-0.2, -0.15) is 7.28 Å². The summed E-state index contributed by atoms with van der Waals surface area (Å²) in [6.07, 6.45) is 6.43. The molecule has 0 amide bonds. The summed E-state index contributed by atoms with van der Waals surface area (Å²) in [6, 6.07) is 10.5. The smallest absolute Gasteiger partial charge is 0.125 e. The molecular formula is C17H23BN2. The van der Waals surface area contributed by atoms with E-state index in [-0.39, 0.29) is 5.41 Å². The SMILES string of the molecule is Cn1cc[n+](C)c1[B-]/C(=C\c1ccccc1)C(C)(C)C. The van der Waals surface area contributed by atoms with Crippen molar-refractivity contribution in [2.24, 2.45) is 19.5 Å². The fourth-order valence-corrected chi connectivity index (χ4v) is 2.15. The molecule has 104 valence electrons. The number of aromatic nitrogens is 2. The van der Waals surface area contributed by atoms with Gasteiger partial charge in [-0.05, 0) is 5.56 Å². The lowest BCUT2D eigenvalue weighted by atomic mass is 9.58. The molecule has 0 atom stereocenters. The second kappa shape index (κ2) is 5.70. The largest absolute Gasteiger partial charge is 0.282 e. The van der Waals surface area contributed by atoms with E-state index in [2.05, 4.69) is 100 Å². The highest BCUT2D eigenvalue weighted by Crippen LogP contribution is 2.26. The number of hydrogen-bond acceptors (Lipinski definition) is 0. The number of rotatable bonds is 3. The minimum absolute atomic E-state index is 0.104. The van der Waals surface area contributed by atoms with Crippen LogP contribution in [0.15, 0.2) is 48.2 Å².